The number of hydrogen-bond donors (Lipinski definition) is 2. The predicted octanol–water partition coefficient (Wildman–Crippen LogP) is 3.32. The zero-order valence-electron chi connectivity index (χ0n) is 16.9. The molecule has 152 valence electrons. The van der Waals surface area contributed by atoms with Crippen molar-refractivity contribution in [2.75, 3.05) is 30.8 Å². The molecule has 0 aliphatic heterocycles. The Balaban J connectivity index is 1.95. The van der Waals surface area contributed by atoms with Crippen molar-refractivity contribution in [3.8, 4) is 6.07 Å². The quantitative estimate of drug-likeness (QED) is 0.442. The SMILES string of the molecule is CN(CCC#N)c1ccc(/C=C/c2cccc[n+]2CCCC(=O)NCCS)cc1. The van der Waals surface area contributed by atoms with Gasteiger partial charge in [0.25, 0.3) is 0 Å². The summed E-state index contributed by atoms with van der Waals surface area (Å²) in [4.78, 5) is 13.8. The normalized spacial score (nSPS) is 10.7. The van der Waals surface area contributed by atoms with Gasteiger partial charge in [0.15, 0.2) is 6.20 Å². The summed E-state index contributed by atoms with van der Waals surface area (Å²) in [6, 6.07) is 16.6. The molecule has 29 heavy (non-hydrogen) atoms. The molecule has 0 spiro atoms. The Labute approximate surface area is 179 Å². The van der Waals surface area contributed by atoms with Crippen molar-refractivity contribution < 1.29 is 9.36 Å². The molecule has 0 atom stereocenters. The average molecular weight is 410 g/mol. The van der Waals surface area contributed by atoms with Crippen LogP contribution in [0.5, 0.6) is 0 Å². The fourth-order valence-electron chi connectivity index (χ4n) is 2.91. The summed E-state index contributed by atoms with van der Waals surface area (Å²) >= 11 is 4.10. The van der Waals surface area contributed by atoms with E-state index >= 15 is 0 Å². The van der Waals surface area contributed by atoms with Crippen LogP contribution >= 0.6 is 12.6 Å². The Bertz CT molecular complexity index is 843. The van der Waals surface area contributed by atoms with E-state index in [0.717, 1.165) is 36.5 Å². The van der Waals surface area contributed by atoms with Gasteiger partial charge in [-0.15, -0.1) is 0 Å². The average Bonchev–Trinajstić information content (AvgIpc) is 2.75. The summed E-state index contributed by atoms with van der Waals surface area (Å²) in [6.45, 7) is 2.13. The van der Waals surface area contributed by atoms with Crippen LogP contribution in [-0.4, -0.2) is 31.8 Å². The lowest BCUT2D eigenvalue weighted by Crippen LogP contribution is -2.37. The molecule has 5 nitrogen and oxygen atoms in total. The van der Waals surface area contributed by atoms with Crippen molar-refractivity contribution in [2.24, 2.45) is 0 Å². The molecule has 0 radical (unpaired) electrons. The fourth-order valence-corrected chi connectivity index (χ4v) is 3.02. The zero-order valence-corrected chi connectivity index (χ0v) is 17.8. The van der Waals surface area contributed by atoms with Crippen LogP contribution in [0, 0.1) is 11.3 Å². The summed E-state index contributed by atoms with van der Waals surface area (Å²) in [5, 5.41) is 11.6. The van der Waals surface area contributed by atoms with Gasteiger partial charge < -0.3 is 10.2 Å². The van der Waals surface area contributed by atoms with Crippen LogP contribution in [0.25, 0.3) is 12.2 Å². The van der Waals surface area contributed by atoms with Gasteiger partial charge in [-0.25, -0.2) is 0 Å². The third-order valence-electron chi connectivity index (χ3n) is 4.55. The highest BCUT2D eigenvalue weighted by Crippen LogP contribution is 2.15. The molecule has 1 N–H and O–H groups in total. The number of hydrogen-bond acceptors (Lipinski definition) is 4. The van der Waals surface area contributed by atoms with E-state index < -0.39 is 0 Å². The molecule has 0 saturated carbocycles. The minimum atomic E-state index is 0.0764. The monoisotopic (exact) mass is 409 g/mol. The molecular formula is C23H29N4OS+. The van der Waals surface area contributed by atoms with E-state index in [9.17, 15) is 4.79 Å². The number of aromatic nitrogens is 1. The molecule has 2 aromatic rings. The summed E-state index contributed by atoms with van der Waals surface area (Å²) in [5.41, 5.74) is 3.31. The molecular weight excluding hydrogens is 380 g/mol. The summed E-state index contributed by atoms with van der Waals surface area (Å²) < 4.78 is 2.16. The molecule has 2 rings (SSSR count). The smallest absolute Gasteiger partial charge is 0.220 e. The minimum absolute atomic E-state index is 0.0764. The molecule has 1 amide bonds. The summed E-state index contributed by atoms with van der Waals surface area (Å²) in [6.07, 6.45) is 8.04. The molecule has 0 unspecified atom stereocenters. The molecule has 0 aliphatic rings. The van der Waals surface area contributed by atoms with Gasteiger partial charge in [0, 0.05) is 62.6 Å². The van der Waals surface area contributed by atoms with Crippen LogP contribution < -0.4 is 14.8 Å². The summed E-state index contributed by atoms with van der Waals surface area (Å²) in [7, 11) is 1.99. The number of nitrogens with one attached hydrogen (secondary N) is 1. The number of nitrogens with zero attached hydrogens (tertiary/aromatic N) is 3. The second-order valence-electron chi connectivity index (χ2n) is 6.75. The van der Waals surface area contributed by atoms with Crippen molar-refractivity contribution in [3.05, 3.63) is 59.9 Å². The lowest BCUT2D eigenvalue weighted by atomic mass is 10.1. The van der Waals surface area contributed by atoms with Crippen LogP contribution in [0.1, 0.15) is 30.5 Å². The number of thiol groups is 1. The second-order valence-corrected chi connectivity index (χ2v) is 7.20. The van der Waals surface area contributed by atoms with Crippen molar-refractivity contribution in [3.63, 3.8) is 0 Å². The largest absolute Gasteiger partial charge is 0.374 e. The highest BCUT2D eigenvalue weighted by molar-refractivity contribution is 7.80. The number of rotatable bonds is 11. The van der Waals surface area contributed by atoms with Crippen LogP contribution in [0.15, 0.2) is 48.7 Å². The van der Waals surface area contributed by atoms with Crippen molar-refractivity contribution in [1.29, 1.82) is 5.26 Å². The van der Waals surface area contributed by atoms with Gasteiger partial charge in [-0.1, -0.05) is 12.1 Å². The molecule has 0 aliphatic carbocycles. The Hall–Kier alpha value is -2.78. The molecule has 0 bridgehead atoms. The van der Waals surface area contributed by atoms with Crippen LogP contribution in [0.2, 0.25) is 0 Å². The predicted molar refractivity (Wildman–Crippen MR) is 122 cm³/mol. The maximum Gasteiger partial charge on any atom is 0.220 e. The van der Waals surface area contributed by atoms with Crippen LogP contribution in [0.3, 0.4) is 0 Å². The van der Waals surface area contributed by atoms with Gasteiger partial charge in [0.2, 0.25) is 11.6 Å². The van der Waals surface area contributed by atoms with Crippen LogP contribution in [-0.2, 0) is 11.3 Å². The topological polar surface area (TPSA) is 60.0 Å². The number of aryl methyl sites for hydroxylation is 1. The Morgan fingerprint density at radius 1 is 1.24 bits per heavy atom. The lowest BCUT2D eigenvalue weighted by molar-refractivity contribution is -0.698. The van der Waals surface area contributed by atoms with Gasteiger partial charge in [-0.05, 0) is 29.8 Å². The fraction of sp³-hybridized carbons (Fsp3) is 0.348. The molecule has 0 saturated heterocycles. The highest BCUT2D eigenvalue weighted by Gasteiger charge is 2.08. The molecule has 1 aromatic carbocycles. The first-order chi connectivity index (χ1) is 14.1. The number of pyridine rings is 1. The summed E-state index contributed by atoms with van der Waals surface area (Å²) in [5.74, 6) is 0.734. The lowest BCUT2D eigenvalue weighted by Gasteiger charge is -2.17. The highest BCUT2D eigenvalue weighted by atomic mass is 32.1. The third kappa shape index (κ3) is 8.00. The van der Waals surface area contributed by atoms with Crippen molar-refractivity contribution in [2.45, 2.75) is 25.8 Å². The number of amides is 1. The zero-order chi connectivity index (χ0) is 20.9. The van der Waals surface area contributed by atoms with Gasteiger partial charge in [-0.3, -0.25) is 4.79 Å². The van der Waals surface area contributed by atoms with Gasteiger partial charge in [-0.2, -0.15) is 22.5 Å². The Morgan fingerprint density at radius 2 is 2.03 bits per heavy atom. The number of anilines is 1. The Morgan fingerprint density at radius 3 is 2.76 bits per heavy atom. The Kier molecular flexibility index (Phi) is 9.81. The number of carbonyl (C=O) groups is 1. The van der Waals surface area contributed by atoms with E-state index in [1.807, 2.05) is 25.4 Å². The van der Waals surface area contributed by atoms with E-state index in [2.05, 4.69) is 76.0 Å². The van der Waals surface area contributed by atoms with E-state index in [4.69, 9.17) is 5.26 Å². The van der Waals surface area contributed by atoms with E-state index in [1.165, 1.54) is 0 Å². The molecule has 1 heterocycles. The van der Waals surface area contributed by atoms with E-state index in [0.29, 0.717) is 25.1 Å². The number of benzene rings is 1. The van der Waals surface area contributed by atoms with Crippen molar-refractivity contribution in [1.82, 2.24) is 5.32 Å². The van der Waals surface area contributed by atoms with Crippen molar-refractivity contribution >= 4 is 36.4 Å². The third-order valence-corrected chi connectivity index (χ3v) is 4.78. The molecule has 1 aromatic heterocycles. The number of nitriles is 1. The van der Waals surface area contributed by atoms with Gasteiger partial charge in [0.05, 0.1) is 12.5 Å². The van der Waals surface area contributed by atoms with Gasteiger partial charge in [0.1, 0.15) is 6.54 Å². The van der Waals surface area contributed by atoms with Crippen LogP contribution in [0.4, 0.5) is 5.69 Å². The standard InChI is InChI=1S/C23H28N4OS/c1-26(16-5-14-24)21-11-8-20(9-12-21)10-13-22-6-2-3-17-27(22)18-4-7-23(28)25-15-19-29/h2-3,6,8-13,17H,4-5,7,15-16,18-19H2,1H3,(H-,25,28,29)/p+1. The molecule has 0 fully saturated rings. The van der Waals surface area contributed by atoms with E-state index in [-0.39, 0.29) is 5.91 Å². The first-order valence-electron chi connectivity index (χ1n) is 9.86. The van der Waals surface area contributed by atoms with E-state index in [1.54, 1.807) is 0 Å². The maximum absolute atomic E-state index is 11.7. The second kappa shape index (κ2) is 12.6. The first kappa shape index (κ1) is 22.5. The number of carbonyl (C=O) groups excluding carboxylic acids is 1. The van der Waals surface area contributed by atoms with Gasteiger partial charge >= 0.3 is 0 Å². The minimum Gasteiger partial charge on any atom is -0.374 e. The maximum atomic E-state index is 11.7. The first-order valence-corrected chi connectivity index (χ1v) is 10.5. The molecule has 6 heteroatoms.